The molecule has 2 heterocycles. The Kier molecular flexibility index (Phi) is 6.15. The van der Waals surface area contributed by atoms with Crippen molar-refractivity contribution in [1.82, 2.24) is 14.6 Å². The third-order valence-corrected chi connectivity index (χ3v) is 7.32. The van der Waals surface area contributed by atoms with Crippen molar-refractivity contribution in [1.29, 1.82) is 0 Å². The Labute approximate surface area is 160 Å². The predicted octanol–water partition coefficient (Wildman–Crippen LogP) is 0.373. The Morgan fingerprint density at radius 2 is 2.00 bits per heavy atom. The van der Waals surface area contributed by atoms with Crippen molar-refractivity contribution in [2.75, 3.05) is 13.1 Å². The molecule has 0 aromatic carbocycles. The SMILES string of the molecule is NC1(C(=O)NC2CCCN(S(=O)(=O)c3ccccn3)CC2O)CCCCC1. The Hall–Kier alpha value is -1.55. The third kappa shape index (κ3) is 4.48. The zero-order valence-electron chi connectivity index (χ0n) is 15.4. The summed E-state index contributed by atoms with van der Waals surface area (Å²) in [4.78, 5) is 16.6. The Bertz CT molecular complexity index is 750. The summed E-state index contributed by atoms with van der Waals surface area (Å²) in [6, 6.07) is 4.19. The highest BCUT2D eigenvalue weighted by Crippen LogP contribution is 2.27. The zero-order chi connectivity index (χ0) is 19.5. The maximum absolute atomic E-state index is 12.8. The summed E-state index contributed by atoms with van der Waals surface area (Å²) in [5.41, 5.74) is 5.38. The molecule has 1 aliphatic carbocycles. The molecule has 2 atom stereocenters. The number of aliphatic hydroxyl groups is 1. The summed E-state index contributed by atoms with van der Waals surface area (Å²) >= 11 is 0. The maximum atomic E-state index is 12.8. The van der Waals surface area contributed by atoms with Gasteiger partial charge >= 0.3 is 0 Å². The molecule has 1 saturated carbocycles. The molecule has 2 aliphatic rings. The molecule has 1 amide bonds. The van der Waals surface area contributed by atoms with Gasteiger partial charge in [-0.3, -0.25) is 4.79 Å². The van der Waals surface area contributed by atoms with Gasteiger partial charge < -0.3 is 16.2 Å². The van der Waals surface area contributed by atoms with Crippen LogP contribution in [0.25, 0.3) is 0 Å². The Morgan fingerprint density at radius 1 is 1.26 bits per heavy atom. The molecule has 1 aliphatic heterocycles. The second-order valence-corrected chi connectivity index (χ2v) is 9.42. The first-order valence-electron chi connectivity index (χ1n) is 9.52. The number of hydrogen-bond acceptors (Lipinski definition) is 6. The summed E-state index contributed by atoms with van der Waals surface area (Å²) < 4.78 is 26.8. The smallest absolute Gasteiger partial charge is 0.260 e. The van der Waals surface area contributed by atoms with Gasteiger partial charge in [0.05, 0.1) is 17.7 Å². The lowest BCUT2D eigenvalue weighted by Gasteiger charge is -2.34. The van der Waals surface area contributed by atoms with E-state index in [0.29, 0.717) is 25.7 Å². The van der Waals surface area contributed by atoms with Crippen LogP contribution in [-0.2, 0) is 14.8 Å². The molecule has 27 heavy (non-hydrogen) atoms. The Morgan fingerprint density at radius 3 is 2.67 bits per heavy atom. The van der Waals surface area contributed by atoms with E-state index in [2.05, 4.69) is 10.3 Å². The summed E-state index contributed by atoms with van der Waals surface area (Å²) in [6.45, 7) is 0.192. The first kappa shape index (κ1) is 20.2. The molecule has 4 N–H and O–H groups in total. The highest BCUT2D eigenvalue weighted by atomic mass is 32.2. The fraction of sp³-hybridized carbons (Fsp3) is 0.667. The molecule has 3 rings (SSSR count). The lowest BCUT2D eigenvalue weighted by Crippen LogP contribution is -2.59. The first-order valence-corrected chi connectivity index (χ1v) is 11.0. The summed E-state index contributed by atoms with van der Waals surface area (Å²) in [5, 5.41) is 13.4. The lowest BCUT2D eigenvalue weighted by atomic mass is 9.81. The second-order valence-electron chi connectivity index (χ2n) is 7.54. The van der Waals surface area contributed by atoms with E-state index < -0.39 is 27.7 Å². The van der Waals surface area contributed by atoms with Crippen molar-refractivity contribution >= 4 is 15.9 Å². The van der Waals surface area contributed by atoms with E-state index in [1.807, 2.05) is 0 Å². The number of aliphatic hydroxyl groups excluding tert-OH is 1. The van der Waals surface area contributed by atoms with Crippen LogP contribution in [0.3, 0.4) is 0 Å². The Balaban J connectivity index is 1.67. The molecule has 9 heteroatoms. The number of nitrogens with one attached hydrogen (secondary N) is 1. The van der Waals surface area contributed by atoms with E-state index in [1.165, 1.54) is 16.6 Å². The average molecular weight is 397 g/mol. The van der Waals surface area contributed by atoms with Gasteiger partial charge in [0.1, 0.15) is 0 Å². The van der Waals surface area contributed by atoms with E-state index in [9.17, 15) is 18.3 Å². The van der Waals surface area contributed by atoms with Crippen LogP contribution in [0, 0.1) is 0 Å². The normalized spacial score (nSPS) is 26.9. The highest BCUT2D eigenvalue weighted by Gasteiger charge is 2.39. The quantitative estimate of drug-likeness (QED) is 0.675. The van der Waals surface area contributed by atoms with Crippen LogP contribution >= 0.6 is 0 Å². The molecule has 1 aromatic heterocycles. The minimum Gasteiger partial charge on any atom is -0.390 e. The minimum atomic E-state index is -3.78. The monoisotopic (exact) mass is 396 g/mol. The number of aromatic nitrogens is 1. The lowest BCUT2D eigenvalue weighted by molar-refractivity contribution is -0.129. The van der Waals surface area contributed by atoms with Crippen LogP contribution < -0.4 is 11.1 Å². The topological polar surface area (TPSA) is 126 Å². The van der Waals surface area contributed by atoms with Crippen molar-refractivity contribution in [3.8, 4) is 0 Å². The molecule has 2 unspecified atom stereocenters. The van der Waals surface area contributed by atoms with Crippen molar-refractivity contribution in [2.45, 2.75) is 67.7 Å². The van der Waals surface area contributed by atoms with Crippen LogP contribution in [-0.4, -0.2) is 59.5 Å². The maximum Gasteiger partial charge on any atom is 0.260 e. The van der Waals surface area contributed by atoms with Crippen molar-refractivity contribution in [3.05, 3.63) is 24.4 Å². The van der Waals surface area contributed by atoms with E-state index in [-0.39, 0.29) is 24.0 Å². The molecular weight excluding hydrogens is 368 g/mol. The van der Waals surface area contributed by atoms with Gasteiger partial charge in [-0.05, 0) is 37.8 Å². The number of amides is 1. The van der Waals surface area contributed by atoms with Crippen LogP contribution in [0.1, 0.15) is 44.9 Å². The second kappa shape index (κ2) is 8.22. The number of sulfonamides is 1. The van der Waals surface area contributed by atoms with Gasteiger partial charge in [0.25, 0.3) is 10.0 Å². The largest absolute Gasteiger partial charge is 0.390 e. The first-order chi connectivity index (χ1) is 12.8. The van der Waals surface area contributed by atoms with Crippen LogP contribution in [0.5, 0.6) is 0 Å². The molecule has 0 bridgehead atoms. The van der Waals surface area contributed by atoms with E-state index in [1.54, 1.807) is 12.1 Å². The molecule has 0 spiro atoms. The zero-order valence-corrected chi connectivity index (χ0v) is 16.2. The number of β-amino-alcohol motifs (C(OH)–C–C–N with tert-alkyl or cyclic N) is 1. The van der Waals surface area contributed by atoms with Crippen molar-refractivity contribution in [3.63, 3.8) is 0 Å². The number of rotatable bonds is 4. The van der Waals surface area contributed by atoms with Crippen molar-refractivity contribution < 1.29 is 18.3 Å². The average Bonchev–Trinajstić information content (AvgIpc) is 2.85. The van der Waals surface area contributed by atoms with E-state index >= 15 is 0 Å². The summed E-state index contributed by atoms with van der Waals surface area (Å²) in [6.07, 6.45) is 5.67. The molecule has 8 nitrogen and oxygen atoms in total. The van der Waals surface area contributed by atoms with Crippen LogP contribution in [0.4, 0.5) is 0 Å². The van der Waals surface area contributed by atoms with E-state index in [4.69, 9.17) is 5.73 Å². The fourth-order valence-corrected chi connectivity index (χ4v) is 5.28. The highest BCUT2D eigenvalue weighted by molar-refractivity contribution is 7.89. The van der Waals surface area contributed by atoms with Gasteiger partial charge in [-0.1, -0.05) is 25.3 Å². The van der Waals surface area contributed by atoms with Crippen LogP contribution in [0.15, 0.2) is 29.4 Å². The van der Waals surface area contributed by atoms with Crippen molar-refractivity contribution in [2.24, 2.45) is 5.73 Å². The number of hydrogen-bond donors (Lipinski definition) is 3. The minimum absolute atomic E-state index is 0.0391. The molecule has 1 aromatic rings. The number of nitrogens with zero attached hydrogens (tertiary/aromatic N) is 2. The van der Waals surface area contributed by atoms with Gasteiger partial charge in [-0.15, -0.1) is 0 Å². The molecule has 1 saturated heterocycles. The number of carbonyl (C=O) groups excluding carboxylic acids is 1. The molecule has 2 fully saturated rings. The van der Waals surface area contributed by atoms with E-state index in [0.717, 1.165) is 19.3 Å². The predicted molar refractivity (Wildman–Crippen MR) is 100 cm³/mol. The molecule has 0 radical (unpaired) electrons. The van der Waals surface area contributed by atoms with Gasteiger partial charge in [-0.25, -0.2) is 13.4 Å². The summed E-state index contributed by atoms with van der Waals surface area (Å²) in [5.74, 6) is -0.243. The standard InChI is InChI=1S/C18H28N4O4S/c19-18(9-3-1-4-10-18)17(24)21-14-7-6-12-22(13-15(14)23)27(25,26)16-8-2-5-11-20-16/h2,5,8,11,14-15,23H,1,3-4,6-7,9-10,12-13,19H2,(H,21,24). The summed E-state index contributed by atoms with van der Waals surface area (Å²) in [7, 11) is -3.78. The van der Waals surface area contributed by atoms with Gasteiger partial charge in [0, 0.05) is 19.3 Å². The molecular formula is C18H28N4O4S. The number of nitrogens with two attached hydrogens (primary N) is 1. The number of carbonyl (C=O) groups is 1. The fourth-order valence-electron chi connectivity index (χ4n) is 3.85. The number of pyridine rings is 1. The third-order valence-electron chi connectivity index (χ3n) is 5.53. The van der Waals surface area contributed by atoms with Gasteiger partial charge in [-0.2, -0.15) is 4.31 Å². The van der Waals surface area contributed by atoms with Crippen LogP contribution in [0.2, 0.25) is 0 Å². The molecule has 150 valence electrons. The van der Waals surface area contributed by atoms with Gasteiger partial charge in [0.2, 0.25) is 5.91 Å². The van der Waals surface area contributed by atoms with Gasteiger partial charge in [0.15, 0.2) is 5.03 Å².